The summed E-state index contributed by atoms with van der Waals surface area (Å²) in [6, 6.07) is 8.97. The molecule has 0 aliphatic carbocycles. The first-order valence-corrected chi connectivity index (χ1v) is 5.45. The normalized spacial score (nSPS) is 11.1. The van der Waals surface area contributed by atoms with Crippen molar-refractivity contribution >= 4 is 17.5 Å². The third kappa shape index (κ3) is 4.59. The molecule has 0 bridgehead atoms. The minimum absolute atomic E-state index is 0.0293. The lowest BCUT2D eigenvalue weighted by atomic mass is 10.0. The van der Waals surface area contributed by atoms with Crippen LogP contribution in [0.2, 0.25) is 0 Å². The van der Waals surface area contributed by atoms with Crippen LogP contribution < -0.4 is 0 Å². The Hall–Kier alpha value is -1.97. The molecule has 1 aromatic rings. The Morgan fingerprint density at radius 1 is 1.24 bits per heavy atom. The van der Waals surface area contributed by atoms with Crippen LogP contribution >= 0.6 is 0 Å². The summed E-state index contributed by atoms with van der Waals surface area (Å²) in [5, 5.41) is 3.65. The lowest BCUT2D eigenvalue weighted by Crippen LogP contribution is -2.08. The second-order valence-corrected chi connectivity index (χ2v) is 3.56. The Kier molecular flexibility index (Phi) is 5.07. The van der Waals surface area contributed by atoms with Gasteiger partial charge in [0.1, 0.15) is 0 Å². The van der Waals surface area contributed by atoms with E-state index in [4.69, 9.17) is 0 Å². The van der Waals surface area contributed by atoms with Crippen LogP contribution in [0.4, 0.5) is 0 Å². The van der Waals surface area contributed by atoms with Crippen LogP contribution in [0.1, 0.15) is 37.0 Å². The van der Waals surface area contributed by atoms with Gasteiger partial charge in [0.25, 0.3) is 0 Å². The van der Waals surface area contributed by atoms with Crippen molar-refractivity contribution in [2.45, 2.75) is 26.7 Å². The molecule has 0 radical (unpaired) electrons. The van der Waals surface area contributed by atoms with E-state index in [-0.39, 0.29) is 12.2 Å². The van der Waals surface area contributed by atoms with Crippen molar-refractivity contribution in [2.75, 3.05) is 0 Å². The van der Waals surface area contributed by atoms with Crippen molar-refractivity contribution in [3.05, 3.63) is 35.9 Å². The molecule has 0 fully saturated rings. The summed E-state index contributed by atoms with van der Waals surface area (Å²) < 4.78 is 0. The van der Waals surface area contributed by atoms with E-state index in [9.17, 15) is 9.59 Å². The van der Waals surface area contributed by atoms with Crippen molar-refractivity contribution < 1.29 is 14.4 Å². The fourth-order valence-corrected chi connectivity index (χ4v) is 1.26. The van der Waals surface area contributed by atoms with Crippen LogP contribution in [0, 0.1) is 0 Å². The number of carbonyl (C=O) groups is 2. The fraction of sp³-hybridized carbons (Fsp3) is 0.308. The second-order valence-electron chi connectivity index (χ2n) is 3.56. The van der Waals surface area contributed by atoms with Gasteiger partial charge in [-0.3, -0.25) is 4.79 Å². The molecule has 0 saturated heterocycles. The number of hydrogen-bond donors (Lipinski definition) is 0. The number of hydrogen-bond acceptors (Lipinski definition) is 4. The smallest absolute Gasteiger partial charge is 0.319 e. The molecular weight excluding hydrogens is 218 g/mol. The molecule has 0 aromatic heterocycles. The summed E-state index contributed by atoms with van der Waals surface area (Å²) in [4.78, 5) is 27.0. The Bertz CT molecular complexity index is 424. The molecular formula is C13H15NO3. The second kappa shape index (κ2) is 6.58. The van der Waals surface area contributed by atoms with Crippen molar-refractivity contribution in [3.8, 4) is 0 Å². The number of ketones is 1. The van der Waals surface area contributed by atoms with Crippen molar-refractivity contribution in [1.82, 2.24) is 0 Å². The Morgan fingerprint density at radius 2 is 1.88 bits per heavy atom. The first kappa shape index (κ1) is 13.1. The first-order chi connectivity index (χ1) is 8.13. The largest absolute Gasteiger partial charge is 0.331 e. The Morgan fingerprint density at radius 3 is 2.41 bits per heavy atom. The van der Waals surface area contributed by atoms with E-state index in [1.165, 1.54) is 6.92 Å². The van der Waals surface area contributed by atoms with E-state index in [2.05, 4.69) is 9.99 Å². The average molecular weight is 233 g/mol. The van der Waals surface area contributed by atoms with Gasteiger partial charge in [0.05, 0.1) is 12.1 Å². The van der Waals surface area contributed by atoms with Gasteiger partial charge in [0.2, 0.25) is 0 Å². The van der Waals surface area contributed by atoms with Gasteiger partial charge in [0.15, 0.2) is 5.78 Å². The highest BCUT2D eigenvalue weighted by molar-refractivity contribution is 6.09. The molecule has 0 N–H and O–H groups in total. The zero-order chi connectivity index (χ0) is 12.7. The molecule has 0 spiro atoms. The lowest BCUT2D eigenvalue weighted by Gasteiger charge is -2.02. The standard InChI is InChI=1S/C13H15NO3/c1-3-12(14-17-10(2)15)9-13(16)11-7-5-4-6-8-11/h4-8H,3,9H2,1-2H3. The lowest BCUT2D eigenvalue weighted by molar-refractivity contribution is -0.140. The molecule has 1 aromatic carbocycles. The molecule has 1 rings (SSSR count). The van der Waals surface area contributed by atoms with Gasteiger partial charge < -0.3 is 4.84 Å². The van der Waals surface area contributed by atoms with E-state index in [1.54, 1.807) is 12.1 Å². The minimum Gasteiger partial charge on any atom is -0.319 e. The maximum Gasteiger partial charge on any atom is 0.331 e. The number of benzene rings is 1. The molecule has 90 valence electrons. The van der Waals surface area contributed by atoms with Gasteiger partial charge in [-0.1, -0.05) is 42.4 Å². The number of nitrogens with zero attached hydrogens (tertiary/aromatic N) is 1. The van der Waals surface area contributed by atoms with Gasteiger partial charge >= 0.3 is 5.97 Å². The molecule has 0 atom stereocenters. The van der Waals surface area contributed by atoms with Crippen LogP contribution in [0.25, 0.3) is 0 Å². The van der Waals surface area contributed by atoms with Gasteiger partial charge in [-0.25, -0.2) is 4.79 Å². The van der Waals surface area contributed by atoms with E-state index in [0.29, 0.717) is 17.7 Å². The number of Topliss-reactive ketones (excluding diaryl/α,β-unsaturated/α-hetero) is 1. The van der Waals surface area contributed by atoms with E-state index in [1.807, 2.05) is 25.1 Å². The Balaban J connectivity index is 2.66. The SMILES string of the molecule is CCC(CC(=O)c1ccccc1)=NOC(C)=O. The Labute approximate surface area is 100 Å². The summed E-state index contributed by atoms with van der Waals surface area (Å²) in [5.41, 5.74) is 1.20. The third-order valence-electron chi connectivity index (χ3n) is 2.17. The first-order valence-electron chi connectivity index (χ1n) is 5.45. The van der Waals surface area contributed by atoms with Crippen LogP contribution in [0.15, 0.2) is 35.5 Å². The zero-order valence-electron chi connectivity index (χ0n) is 9.97. The summed E-state index contributed by atoms with van der Waals surface area (Å²) >= 11 is 0. The number of rotatable bonds is 5. The number of oxime groups is 1. The molecule has 0 saturated carbocycles. The van der Waals surface area contributed by atoms with Gasteiger partial charge in [0, 0.05) is 12.5 Å². The van der Waals surface area contributed by atoms with Crippen molar-refractivity contribution in [1.29, 1.82) is 0 Å². The van der Waals surface area contributed by atoms with Crippen LogP contribution in [-0.4, -0.2) is 17.5 Å². The fourth-order valence-electron chi connectivity index (χ4n) is 1.26. The quantitative estimate of drug-likeness (QED) is 0.340. The van der Waals surface area contributed by atoms with Crippen LogP contribution in [-0.2, 0) is 9.63 Å². The highest BCUT2D eigenvalue weighted by Gasteiger charge is 2.09. The van der Waals surface area contributed by atoms with Gasteiger partial charge in [-0.05, 0) is 6.42 Å². The number of carbonyl (C=O) groups excluding carboxylic acids is 2. The highest BCUT2D eigenvalue weighted by atomic mass is 16.7. The maximum atomic E-state index is 11.8. The topological polar surface area (TPSA) is 55.7 Å². The predicted octanol–water partition coefficient (Wildman–Crippen LogP) is 2.59. The molecule has 0 unspecified atom stereocenters. The summed E-state index contributed by atoms with van der Waals surface area (Å²) in [6.45, 7) is 3.14. The summed E-state index contributed by atoms with van der Waals surface area (Å²) in [5.74, 6) is -0.513. The van der Waals surface area contributed by atoms with Gasteiger partial charge in [-0.2, -0.15) is 0 Å². The molecule has 4 nitrogen and oxygen atoms in total. The van der Waals surface area contributed by atoms with Crippen molar-refractivity contribution in [3.63, 3.8) is 0 Å². The van der Waals surface area contributed by atoms with Crippen LogP contribution in [0.3, 0.4) is 0 Å². The molecule has 0 aliphatic heterocycles. The van der Waals surface area contributed by atoms with Gasteiger partial charge in [-0.15, -0.1) is 0 Å². The molecule has 17 heavy (non-hydrogen) atoms. The van der Waals surface area contributed by atoms with E-state index in [0.717, 1.165) is 0 Å². The summed E-state index contributed by atoms with van der Waals surface area (Å²) in [7, 11) is 0. The third-order valence-corrected chi connectivity index (χ3v) is 2.17. The highest BCUT2D eigenvalue weighted by Crippen LogP contribution is 2.05. The zero-order valence-corrected chi connectivity index (χ0v) is 9.97. The van der Waals surface area contributed by atoms with E-state index < -0.39 is 5.97 Å². The van der Waals surface area contributed by atoms with Crippen LogP contribution in [0.5, 0.6) is 0 Å². The van der Waals surface area contributed by atoms with E-state index >= 15 is 0 Å². The molecule has 0 heterocycles. The maximum absolute atomic E-state index is 11.8. The molecule has 0 amide bonds. The molecule has 0 aliphatic rings. The minimum atomic E-state index is -0.483. The molecule has 4 heteroatoms. The predicted molar refractivity (Wildman–Crippen MR) is 64.9 cm³/mol. The average Bonchev–Trinajstić information content (AvgIpc) is 2.35. The summed E-state index contributed by atoms with van der Waals surface area (Å²) in [6.07, 6.45) is 0.750. The van der Waals surface area contributed by atoms with Crippen molar-refractivity contribution in [2.24, 2.45) is 5.16 Å². The monoisotopic (exact) mass is 233 g/mol.